The molecule has 0 amide bonds. The zero-order chi connectivity index (χ0) is 62.5. The fourth-order valence-corrected chi connectivity index (χ4v) is 15.1. The summed E-state index contributed by atoms with van der Waals surface area (Å²) in [6, 6.07) is 82.4. The third-order valence-electron chi connectivity index (χ3n) is 20.1. The van der Waals surface area contributed by atoms with Gasteiger partial charge in [0.1, 0.15) is 0 Å². The molecule has 0 saturated heterocycles. The highest BCUT2D eigenvalue weighted by Crippen LogP contribution is 2.56. The predicted octanol–water partition coefficient (Wildman–Crippen LogP) is 21.4. The van der Waals surface area contributed by atoms with Crippen LogP contribution >= 0.6 is 0 Å². The highest BCUT2D eigenvalue weighted by Gasteiger charge is 2.48. The third kappa shape index (κ3) is 8.49. The maximum Gasteiger partial charge on any atom is 0.252 e. The zero-order valence-electron chi connectivity index (χ0n) is 55.0. The van der Waals surface area contributed by atoms with Crippen LogP contribution in [-0.4, -0.2) is 15.8 Å². The van der Waals surface area contributed by atoms with Crippen molar-refractivity contribution in [1.82, 2.24) is 9.13 Å². The Balaban J connectivity index is 1.08. The van der Waals surface area contributed by atoms with Crippen molar-refractivity contribution in [3.63, 3.8) is 0 Å². The highest BCUT2D eigenvalue weighted by molar-refractivity contribution is 7.00. The van der Waals surface area contributed by atoms with E-state index in [4.69, 9.17) is 0 Å². The number of nitrogens with zero attached hydrogens (tertiary/aromatic N) is 5. The number of para-hydroxylation sites is 2. The molecule has 0 bridgehead atoms. The van der Waals surface area contributed by atoms with Crippen molar-refractivity contribution in [2.45, 2.75) is 131 Å². The largest absolute Gasteiger partial charge is 0.311 e. The molecule has 6 heteroatoms. The van der Waals surface area contributed by atoms with Gasteiger partial charge in [-0.05, 0) is 197 Å². The monoisotopic (exact) mass is 1170 g/mol. The van der Waals surface area contributed by atoms with Gasteiger partial charge in [-0.25, -0.2) is 0 Å². The molecule has 2 aromatic heterocycles. The van der Waals surface area contributed by atoms with Gasteiger partial charge in [0.2, 0.25) is 0 Å². The number of hydrogen-bond donors (Lipinski definition) is 0. The summed E-state index contributed by atoms with van der Waals surface area (Å²) >= 11 is 0. The Kier molecular flexibility index (Phi) is 11.9. The summed E-state index contributed by atoms with van der Waals surface area (Å²) < 4.78 is 5.21. The highest BCUT2D eigenvalue weighted by atomic mass is 15.2. The second-order valence-electron chi connectivity index (χ2n) is 31.2. The minimum atomic E-state index is -0.179. The topological polar surface area (TPSA) is 19.6 Å². The maximum absolute atomic E-state index is 2.72. The molecule has 5 heterocycles. The molecule has 3 aliphatic rings. The van der Waals surface area contributed by atoms with Crippen molar-refractivity contribution >= 4 is 129 Å². The van der Waals surface area contributed by atoms with Gasteiger partial charge in [0, 0.05) is 61.4 Å². The standard InChI is InChI=1S/C84H80BN5/c1-80(2,3)53-31-37-69-63(41-53)64-42-54(81(4,5)6)32-38-70(64)87(69)61-35-36-67-72(48-61)88(60-34-30-51-24-22-23-25-52(51)40-60)73-49-62(86(58-26-18-16-19-27-58)59-28-20-17-21-29-59)50-74-77(73)85(67)68-45-57(84(13,14)15)47-76-79(68)90(74)75-46-56(83(10,11)12)44-66-65-43-55(82(7,8)9)33-39-71(65)89(76)78(66)75/h16-50H,1-15H3. The van der Waals surface area contributed by atoms with Gasteiger partial charge in [0.25, 0.3) is 6.71 Å². The summed E-state index contributed by atoms with van der Waals surface area (Å²) in [6.45, 7) is 35.2. The van der Waals surface area contributed by atoms with E-state index in [-0.39, 0.29) is 33.8 Å². The first-order valence-electron chi connectivity index (χ1n) is 32.5. The first kappa shape index (κ1) is 56.0. The molecule has 16 rings (SSSR count). The lowest BCUT2D eigenvalue weighted by atomic mass is 9.33. The molecule has 90 heavy (non-hydrogen) atoms. The van der Waals surface area contributed by atoms with E-state index in [2.05, 4.69) is 340 Å². The van der Waals surface area contributed by atoms with Crippen LogP contribution in [0, 0.1) is 0 Å². The van der Waals surface area contributed by atoms with E-state index in [9.17, 15) is 0 Å². The van der Waals surface area contributed by atoms with Crippen molar-refractivity contribution in [3.05, 3.63) is 240 Å². The summed E-state index contributed by atoms with van der Waals surface area (Å²) in [7, 11) is 0. The molecule has 0 saturated carbocycles. The normalized spacial score (nSPS) is 13.9. The summed E-state index contributed by atoms with van der Waals surface area (Å²) in [5.74, 6) is 0. The maximum atomic E-state index is 2.72. The van der Waals surface area contributed by atoms with Crippen LogP contribution < -0.4 is 31.1 Å². The van der Waals surface area contributed by atoms with Gasteiger partial charge in [0.15, 0.2) is 0 Å². The Morgan fingerprint density at radius 3 is 1.32 bits per heavy atom. The number of rotatable bonds is 5. The number of hydrogen-bond acceptors (Lipinski definition) is 3. The van der Waals surface area contributed by atoms with E-state index >= 15 is 0 Å². The smallest absolute Gasteiger partial charge is 0.252 e. The average molecular weight is 1170 g/mol. The molecule has 0 unspecified atom stereocenters. The van der Waals surface area contributed by atoms with Gasteiger partial charge in [-0.3, -0.25) is 0 Å². The molecule has 0 aliphatic carbocycles. The lowest BCUT2D eigenvalue weighted by Gasteiger charge is -2.47. The molecule has 0 N–H and O–H groups in total. The summed E-state index contributed by atoms with van der Waals surface area (Å²) in [5.41, 5.74) is 27.7. The van der Waals surface area contributed by atoms with Gasteiger partial charge < -0.3 is 23.8 Å². The molecule has 11 aromatic carbocycles. The molecule has 5 nitrogen and oxygen atoms in total. The first-order chi connectivity index (χ1) is 42.8. The van der Waals surface area contributed by atoms with E-state index in [0.29, 0.717) is 0 Å². The fraction of sp³-hybridized carbons (Fsp3) is 0.238. The van der Waals surface area contributed by atoms with Crippen molar-refractivity contribution in [2.75, 3.05) is 14.7 Å². The lowest BCUT2D eigenvalue weighted by molar-refractivity contribution is 0.590. The number of fused-ring (bicyclic) bond motifs is 13. The summed E-state index contributed by atoms with van der Waals surface area (Å²) in [4.78, 5) is 7.83. The van der Waals surface area contributed by atoms with Crippen LogP contribution in [0.5, 0.6) is 0 Å². The van der Waals surface area contributed by atoms with Crippen LogP contribution in [0.4, 0.5) is 51.2 Å². The fourth-order valence-electron chi connectivity index (χ4n) is 15.1. The second-order valence-corrected chi connectivity index (χ2v) is 31.2. The minimum absolute atomic E-state index is 0.0234. The summed E-state index contributed by atoms with van der Waals surface area (Å²) in [5, 5.41) is 7.56. The number of benzene rings is 11. The van der Waals surface area contributed by atoms with Crippen LogP contribution in [0.1, 0.15) is 132 Å². The third-order valence-corrected chi connectivity index (χ3v) is 20.1. The van der Waals surface area contributed by atoms with E-state index in [0.717, 1.165) is 34.1 Å². The molecule has 0 atom stereocenters. The molecule has 444 valence electrons. The van der Waals surface area contributed by atoms with E-state index < -0.39 is 0 Å². The molecule has 0 radical (unpaired) electrons. The molecular formula is C84H80BN5. The van der Waals surface area contributed by atoms with Crippen LogP contribution in [0.3, 0.4) is 0 Å². The van der Waals surface area contributed by atoms with Gasteiger partial charge in [0.05, 0.1) is 44.8 Å². The molecule has 0 fully saturated rings. The quantitative estimate of drug-likeness (QED) is 0.160. The van der Waals surface area contributed by atoms with Gasteiger partial charge in [-0.15, -0.1) is 0 Å². The Hall–Kier alpha value is -9.26. The number of aromatic nitrogens is 2. The number of anilines is 9. The van der Waals surface area contributed by atoms with E-state index in [1.165, 1.54) is 127 Å². The van der Waals surface area contributed by atoms with Crippen molar-refractivity contribution in [2.24, 2.45) is 0 Å². The summed E-state index contributed by atoms with van der Waals surface area (Å²) in [6.07, 6.45) is 0. The minimum Gasteiger partial charge on any atom is -0.311 e. The Bertz CT molecular complexity index is 5050. The Labute approximate surface area is 531 Å². The molecule has 3 aliphatic heterocycles. The van der Waals surface area contributed by atoms with Crippen molar-refractivity contribution < 1.29 is 0 Å². The van der Waals surface area contributed by atoms with Gasteiger partial charge in [-0.1, -0.05) is 201 Å². The van der Waals surface area contributed by atoms with Crippen LogP contribution in [0.15, 0.2) is 212 Å². The molecule has 0 spiro atoms. The Morgan fingerprint density at radius 1 is 0.300 bits per heavy atom. The van der Waals surface area contributed by atoms with E-state index in [1.807, 2.05) is 0 Å². The van der Waals surface area contributed by atoms with Crippen LogP contribution in [-0.2, 0) is 27.1 Å². The van der Waals surface area contributed by atoms with Gasteiger partial charge in [-0.2, -0.15) is 0 Å². The Morgan fingerprint density at radius 2 is 0.767 bits per heavy atom. The predicted molar refractivity (Wildman–Crippen MR) is 388 cm³/mol. The molecule has 13 aromatic rings. The van der Waals surface area contributed by atoms with Gasteiger partial charge >= 0.3 is 0 Å². The molecular weight excluding hydrogens is 1090 g/mol. The zero-order valence-corrected chi connectivity index (χ0v) is 55.0. The first-order valence-corrected chi connectivity index (χ1v) is 32.5. The van der Waals surface area contributed by atoms with Crippen LogP contribution in [0.2, 0.25) is 0 Å². The SMILES string of the molecule is CC(C)(C)c1cc2c3c(c1)-n1c4ccc(C(C)(C)C)cc4c4cc(C(C)(C)C)cc(c41)N3c1cc(N(c3ccccc3)c3ccccc3)cc3c1B2c1ccc(-n2c4ccc(C(C)(C)C)cc4c4cc(C(C)(C)C)ccc42)cc1N3c1ccc2ccccc2c1. The van der Waals surface area contributed by atoms with Crippen LogP contribution in [0.25, 0.3) is 65.8 Å². The van der Waals surface area contributed by atoms with Crippen molar-refractivity contribution in [1.29, 1.82) is 0 Å². The lowest BCUT2D eigenvalue weighted by Crippen LogP contribution is -2.62. The second kappa shape index (κ2) is 19.1. The van der Waals surface area contributed by atoms with Crippen molar-refractivity contribution in [3.8, 4) is 11.4 Å². The van der Waals surface area contributed by atoms with E-state index in [1.54, 1.807) is 0 Å². The average Bonchev–Trinajstić information content (AvgIpc) is 1.13.